The Balaban J connectivity index is 1.65. The van der Waals surface area contributed by atoms with Gasteiger partial charge in [-0.25, -0.2) is 9.67 Å². The number of nitrogens with zero attached hydrogens (tertiary/aromatic N) is 5. The first-order chi connectivity index (χ1) is 10.9. The first kappa shape index (κ1) is 13.0. The van der Waals surface area contributed by atoms with E-state index in [0.717, 1.165) is 36.0 Å². The zero-order valence-electron chi connectivity index (χ0n) is 12.3. The van der Waals surface area contributed by atoms with E-state index in [4.69, 9.17) is 4.98 Å². The summed E-state index contributed by atoms with van der Waals surface area (Å²) in [6, 6.07) is 16.1. The predicted octanol–water partition coefficient (Wildman–Crippen LogP) is 2.93. The molecular formula is C17H17N5. The standard InChI is InChI=1S/C17H17N5/c1-2-7-14(8-3-1)15-13-22(20-19-15)17-10-6-9-16(18-17)21-11-4-5-12-21/h1-3,6-10,13H,4-5,11-12H2. The summed E-state index contributed by atoms with van der Waals surface area (Å²) in [7, 11) is 0. The van der Waals surface area contributed by atoms with Crippen LogP contribution in [0.5, 0.6) is 0 Å². The minimum Gasteiger partial charge on any atom is -0.357 e. The van der Waals surface area contributed by atoms with Crippen LogP contribution in [0.25, 0.3) is 17.1 Å². The molecule has 3 heterocycles. The van der Waals surface area contributed by atoms with Gasteiger partial charge < -0.3 is 4.90 Å². The van der Waals surface area contributed by atoms with E-state index in [9.17, 15) is 0 Å². The molecule has 0 N–H and O–H groups in total. The molecule has 5 nitrogen and oxygen atoms in total. The molecule has 0 amide bonds. The fraction of sp³-hybridized carbons (Fsp3) is 0.235. The lowest BCUT2D eigenvalue weighted by Gasteiger charge is -2.16. The van der Waals surface area contributed by atoms with E-state index in [1.165, 1.54) is 12.8 Å². The van der Waals surface area contributed by atoms with Crippen molar-refractivity contribution in [2.24, 2.45) is 0 Å². The lowest BCUT2D eigenvalue weighted by molar-refractivity contribution is 0.777. The number of rotatable bonds is 3. The van der Waals surface area contributed by atoms with Crippen molar-refractivity contribution in [2.75, 3.05) is 18.0 Å². The first-order valence-electron chi connectivity index (χ1n) is 7.60. The zero-order chi connectivity index (χ0) is 14.8. The molecule has 0 saturated carbocycles. The normalized spacial score (nSPS) is 14.5. The molecule has 4 rings (SSSR count). The summed E-state index contributed by atoms with van der Waals surface area (Å²) >= 11 is 0. The maximum absolute atomic E-state index is 4.72. The van der Waals surface area contributed by atoms with Crippen LogP contribution in [0, 0.1) is 0 Å². The van der Waals surface area contributed by atoms with Gasteiger partial charge in [0.25, 0.3) is 0 Å². The Hall–Kier alpha value is -2.69. The van der Waals surface area contributed by atoms with Crippen molar-refractivity contribution in [3.05, 3.63) is 54.7 Å². The molecule has 110 valence electrons. The molecule has 22 heavy (non-hydrogen) atoms. The van der Waals surface area contributed by atoms with Gasteiger partial charge in [-0.15, -0.1) is 5.10 Å². The van der Waals surface area contributed by atoms with Gasteiger partial charge in [0.1, 0.15) is 11.5 Å². The third-order valence-corrected chi connectivity index (χ3v) is 3.95. The third-order valence-electron chi connectivity index (χ3n) is 3.95. The van der Waals surface area contributed by atoms with E-state index < -0.39 is 0 Å². The molecule has 1 aliphatic rings. The molecule has 0 radical (unpaired) electrons. The summed E-state index contributed by atoms with van der Waals surface area (Å²) in [5.41, 5.74) is 1.92. The molecule has 1 aliphatic heterocycles. The Bertz CT molecular complexity index is 759. The van der Waals surface area contributed by atoms with Crippen molar-refractivity contribution in [2.45, 2.75) is 12.8 Å². The Labute approximate surface area is 129 Å². The summed E-state index contributed by atoms with van der Waals surface area (Å²) in [5, 5.41) is 8.47. The summed E-state index contributed by atoms with van der Waals surface area (Å²) < 4.78 is 1.74. The number of pyridine rings is 1. The maximum atomic E-state index is 4.72. The molecule has 1 aromatic carbocycles. The molecule has 5 heteroatoms. The number of hydrogen-bond donors (Lipinski definition) is 0. The van der Waals surface area contributed by atoms with Crippen molar-refractivity contribution in [1.82, 2.24) is 20.0 Å². The highest BCUT2D eigenvalue weighted by molar-refractivity contribution is 5.57. The fourth-order valence-corrected chi connectivity index (χ4v) is 2.78. The molecule has 0 bridgehead atoms. The molecule has 1 fully saturated rings. The predicted molar refractivity (Wildman–Crippen MR) is 86.0 cm³/mol. The van der Waals surface area contributed by atoms with Crippen molar-refractivity contribution in [3.63, 3.8) is 0 Å². The number of hydrogen-bond acceptors (Lipinski definition) is 4. The highest BCUT2D eigenvalue weighted by Gasteiger charge is 2.14. The minimum atomic E-state index is 0.805. The summed E-state index contributed by atoms with van der Waals surface area (Å²) in [6.07, 6.45) is 4.41. The smallest absolute Gasteiger partial charge is 0.157 e. The van der Waals surface area contributed by atoms with E-state index >= 15 is 0 Å². The van der Waals surface area contributed by atoms with Crippen LogP contribution >= 0.6 is 0 Å². The summed E-state index contributed by atoms with van der Waals surface area (Å²) in [5.74, 6) is 1.82. The topological polar surface area (TPSA) is 46.8 Å². The average molecular weight is 291 g/mol. The average Bonchev–Trinajstić information content (AvgIpc) is 3.28. The van der Waals surface area contributed by atoms with E-state index in [0.29, 0.717) is 0 Å². The zero-order valence-corrected chi connectivity index (χ0v) is 12.3. The number of anilines is 1. The van der Waals surface area contributed by atoms with E-state index in [1.807, 2.05) is 48.7 Å². The van der Waals surface area contributed by atoms with Crippen molar-refractivity contribution >= 4 is 5.82 Å². The van der Waals surface area contributed by atoms with Crippen LogP contribution in [-0.2, 0) is 0 Å². The molecular weight excluding hydrogens is 274 g/mol. The number of benzene rings is 1. The van der Waals surface area contributed by atoms with Gasteiger partial charge in [-0.2, -0.15) is 0 Å². The SMILES string of the molecule is c1ccc(-c2cn(-c3cccc(N4CCCC4)n3)nn2)cc1. The second-order valence-electron chi connectivity index (χ2n) is 5.46. The molecule has 0 atom stereocenters. The summed E-state index contributed by atoms with van der Waals surface area (Å²) in [4.78, 5) is 7.04. The Morgan fingerprint density at radius 3 is 2.41 bits per heavy atom. The van der Waals surface area contributed by atoms with Gasteiger partial charge in [-0.1, -0.05) is 41.6 Å². The molecule has 0 spiro atoms. The van der Waals surface area contributed by atoms with Crippen LogP contribution in [0.15, 0.2) is 54.7 Å². The van der Waals surface area contributed by atoms with Crippen LogP contribution in [0.2, 0.25) is 0 Å². The van der Waals surface area contributed by atoms with Crippen molar-refractivity contribution in [1.29, 1.82) is 0 Å². The van der Waals surface area contributed by atoms with Gasteiger partial charge in [-0.3, -0.25) is 0 Å². The van der Waals surface area contributed by atoms with E-state index in [-0.39, 0.29) is 0 Å². The van der Waals surface area contributed by atoms with E-state index in [1.54, 1.807) is 4.68 Å². The molecule has 0 aliphatic carbocycles. The molecule has 1 saturated heterocycles. The van der Waals surface area contributed by atoms with Crippen LogP contribution < -0.4 is 4.90 Å². The lowest BCUT2D eigenvalue weighted by atomic mass is 10.2. The van der Waals surface area contributed by atoms with Crippen LogP contribution in [0.4, 0.5) is 5.82 Å². The largest absolute Gasteiger partial charge is 0.357 e. The Morgan fingerprint density at radius 1 is 0.818 bits per heavy atom. The van der Waals surface area contributed by atoms with Gasteiger partial charge in [0.15, 0.2) is 5.82 Å². The monoisotopic (exact) mass is 291 g/mol. The van der Waals surface area contributed by atoms with Crippen molar-refractivity contribution in [3.8, 4) is 17.1 Å². The Kier molecular flexibility index (Phi) is 3.31. The second-order valence-corrected chi connectivity index (χ2v) is 5.46. The van der Waals surface area contributed by atoms with Gasteiger partial charge in [0.05, 0.1) is 6.20 Å². The number of aromatic nitrogens is 4. The van der Waals surface area contributed by atoms with Crippen molar-refractivity contribution < 1.29 is 0 Å². The second kappa shape index (κ2) is 5.60. The Morgan fingerprint density at radius 2 is 1.59 bits per heavy atom. The van der Waals surface area contributed by atoms with Gasteiger partial charge in [0.2, 0.25) is 0 Å². The van der Waals surface area contributed by atoms with Crippen LogP contribution in [-0.4, -0.2) is 33.1 Å². The van der Waals surface area contributed by atoms with Crippen LogP contribution in [0.3, 0.4) is 0 Å². The third kappa shape index (κ3) is 2.45. The molecule has 3 aromatic rings. The fourth-order valence-electron chi connectivity index (χ4n) is 2.78. The lowest BCUT2D eigenvalue weighted by Crippen LogP contribution is -2.19. The maximum Gasteiger partial charge on any atom is 0.157 e. The highest BCUT2D eigenvalue weighted by atomic mass is 15.4. The van der Waals surface area contributed by atoms with E-state index in [2.05, 4.69) is 21.3 Å². The first-order valence-corrected chi connectivity index (χ1v) is 7.60. The van der Waals surface area contributed by atoms with Gasteiger partial charge in [0, 0.05) is 18.7 Å². The quantitative estimate of drug-likeness (QED) is 0.744. The molecule has 0 unspecified atom stereocenters. The van der Waals surface area contributed by atoms with Gasteiger partial charge in [-0.05, 0) is 25.0 Å². The van der Waals surface area contributed by atoms with Gasteiger partial charge >= 0.3 is 0 Å². The van der Waals surface area contributed by atoms with Crippen LogP contribution in [0.1, 0.15) is 12.8 Å². The summed E-state index contributed by atoms with van der Waals surface area (Å²) in [6.45, 7) is 2.17. The molecule has 2 aromatic heterocycles. The highest BCUT2D eigenvalue weighted by Crippen LogP contribution is 2.20. The minimum absolute atomic E-state index is 0.805.